The van der Waals surface area contributed by atoms with Gasteiger partial charge in [0, 0.05) is 24.9 Å². The first-order valence-corrected chi connectivity index (χ1v) is 7.48. The Morgan fingerprint density at radius 3 is 2.58 bits per heavy atom. The van der Waals surface area contributed by atoms with E-state index in [9.17, 15) is 28.1 Å². The van der Waals surface area contributed by atoms with Crippen LogP contribution in [-0.4, -0.2) is 33.6 Å². The monoisotopic (exact) mass is 389 g/mol. The van der Waals surface area contributed by atoms with Crippen molar-refractivity contribution in [2.24, 2.45) is 0 Å². The Labute approximate surface area is 150 Å². The zero-order chi connectivity index (χ0) is 19.5. The molecule has 1 aromatic heterocycles. The van der Waals surface area contributed by atoms with E-state index in [0.717, 1.165) is 13.0 Å². The number of ether oxygens (including phenoxy) is 1. The van der Waals surface area contributed by atoms with Crippen molar-refractivity contribution in [2.75, 3.05) is 6.54 Å². The van der Waals surface area contributed by atoms with E-state index < -0.39 is 44.8 Å². The Bertz CT molecular complexity index is 831. The summed E-state index contributed by atoms with van der Waals surface area (Å²) in [6.07, 6.45) is -3.60. The van der Waals surface area contributed by atoms with Crippen LogP contribution in [-0.2, 0) is 0 Å². The predicted octanol–water partition coefficient (Wildman–Crippen LogP) is 4.42. The van der Waals surface area contributed by atoms with Gasteiger partial charge in [0.1, 0.15) is 0 Å². The first-order valence-electron chi connectivity index (χ1n) is 7.10. The maximum Gasteiger partial charge on any atom is 0.487 e. The molecule has 2 rings (SSSR count). The number of rotatable bonds is 5. The van der Waals surface area contributed by atoms with Gasteiger partial charge < -0.3 is 4.74 Å². The predicted molar refractivity (Wildman–Crippen MR) is 85.2 cm³/mol. The summed E-state index contributed by atoms with van der Waals surface area (Å²) in [5.41, 5.74) is -1.35. The van der Waals surface area contributed by atoms with E-state index in [1.165, 1.54) is 12.3 Å². The molecule has 138 valence electrons. The Morgan fingerprint density at radius 2 is 2.08 bits per heavy atom. The second-order valence-corrected chi connectivity index (χ2v) is 5.23. The number of non-ortho nitro benzene ring substituents is 1. The minimum atomic E-state index is -4.97. The van der Waals surface area contributed by atoms with E-state index in [2.05, 4.69) is 4.98 Å². The normalized spacial score (nSPS) is 11.1. The average Bonchev–Trinajstić information content (AvgIpc) is 2.56. The number of benzene rings is 1. The van der Waals surface area contributed by atoms with E-state index in [-0.39, 0.29) is 11.6 Å². The van der Waals surface area contributed by atoms with Gasteiger partial charge in [-0.05, 0) is 13.0 Å². The summed E-state index contributed by atoms with van der Waals surface area (Å²) in [6.45, 7) is 0.416. The zero-order valence-electron chi connectivity index (χ0n) is 13.2. The Hall–Kier alpha value is -2.88. The topological polar surface area (TPSA) is 85.6 Å². The molecule has 0 aliphatic heterocycles. The quantitative estimate of drug-likeness (QED) is 0.429. The van der Waals surface area contributed by atoms with E-state index in [1.807, 2.05) is 0 Å². The third kappa shape index (κ3) is 4.20. The summed E-state index contributed by atoms with van der Waals surface area (Å²) in [7, 11) is 0. The first kappa shape index (κ1) is 19.4. The van der Waals surface area contributed by atoms with Gasteiger partial charge in [-0.15, -0.1) is 13.2 Å². The van der Waals surface area contributed by atoms with Gasteiger partial charge in [0.2, 0.25) is 5.88 Å². The van der Waals surface area contributed by atoms with Gasteiger partial charge >= 0.3 is 6.30 Å². The molecule has 0 spiro atoms. The van der Waals surface area contributed by atoms with E-state index in [0.29, 0.717) is 6.07 Å². The average molecular weight is 390 g/mol. The Balaban J connectivity index is 2.55. The zero-order valence-corrected chi connectivity index (χ0v) is 13.9. The van der Waals surface area contributed by atoms with Gasteiger partial charge in [0.15, 0.2) is 5.75 Å². The number of halogens is 4. The van der Waals surface area contributed by atoms with E-state index in [4.69, 9.17) is 16.3 Å². The van der Waals surface area contributed by atoms with Gasteiger partial charge in [-0.3, -0.25) is 14.9 Å². The molecule has 1 aromatic carbocycles. The molecule has 0 saturated carbocycles. The molecule has 0 aliphatic rings. The molecule has 0 bridgehead atoms. The number of nitro groups is 1. The summed E-state index contributed by atoms with van der Waals surface area (Å²) in [5, 5.41) is 10.6. The maximum absolute atomic E-state index is 13.0. The van der Waals surface area contributed by atoms with Gasteiger partial charge in [0.25, 0.3) is 11.6 Å². The minimum Gasteiger partial charge on any atom is -0.437 e. The highest BCUT2D eigenvalue weighted by atomic mass is 35.5. The van der Waals surface area contributed by atoms with E-state index >= 15 is 0 Å². The number of amides is 1. The molecule has 0 fully saturated rings. The lowest BCUT2D eigenvalue weighted by atomic mass is 10.1. The van der Waals surface area contributed by atoms with Crippen molar-refractivity contribution in [2.45, 2.75) is 13.2 Å². The van der Waals surface area contributed by atoms with Gasteiger partial charge in [0.05, 0.1) is 21.6 Å². The molecule has 0 N–H and O–H groups in total. The van der Waals surface area contributed by atoms with Crippen molar-refractivity contribution in [3.63, 3.8) is 0 Å². The molecule has 0 atom stereocenters. The fourth-order valence-corrected chi connectivity index (χ4v) is 2.25. The Morgan fingerprint density at radius 1 is 1.38 bits per heavy atom. The highest BCUT2D eigenvalue weighted by Crippen LogP contribution is 2.37. The van der Waals surface area contributed by atoms with Crippen LogP contribution in [0.3, 0.4) is 0 Å². The molecule has 7 nitrogen and oxygen atoms in total. The number of carbonyl (C=O) groups excluding carboxylic acids is 1. The number of alkyl halides is 3. The summed E-state index contributed by atoms with van der Waals surface area (Å²) >= 11 is 5.99. The number of pyridine rings is 1. The molecule has 0 saturated heterocycles. The molecular formula is C15H11ClF3N3O4. The highest BCUT2D eigenvalue weighted by molar-refractivity contribution is 6.35. The van der Waals surface area contributed by atoms with Crippen LogP contribution in [0.4, 0.5) is 18.9 Å². The molecule has 0 radical (unpaired) electrons. The number of nitrogens with zero attached hydrogens (tertiary/aromatic N) is 3. The highest BCUT2D eigenvalue weighted by Gasteiger charge is 2.41. The van der Waals surface area contributed by atoms with Crippen molar-refractivity contribution in [3.05, 3.63) is 57.2 Å². The molecule has 11 heteroatoms. The van der Waals surface area contributed by atoms with Crippen molar-refractivity contribution < 1.29 is 27.6 Å². The molecule has 1 heterocycles. The summed E-state index contributed by atoms with van der Waals surface area (Å²) in [5.74, 6) is -1.89. The molecule has 26 heavy (non-hydrogen) atoms. The molecule has 0 aliphatic carbocycles. The lowest BCUT2D eigenvalue weighted by molar-refractivity contribution is -0.385. The van der Waals surface area contributed by atoms with Gasteiger partial charge in [-0.1, -0.05) is 17.7 Å². The van der Waals surface area contributed by atoms with Crippen LogP contribution in [0.15, 0.2) is 36.5 Å². The SMILES string of the molecule is CCN(C(=O)c1cc([N+](=O)[O-])cc(Oc2ccccn2)c1Cl)C(F)(F)F. The standard InChI is InChI=1S/C15H11ClF3N3O4/c1-2-21(15(17,18)19)14(23)10-7-9(22(24)25)8-11(13(10)16)26-12-5-3-4-6-20-12/h3-8H,2H2,1H3. The van der Waals surface area contributed by atoms with Crippen LogP contribution in [0.2, 0.25) is 5.02 Å². The second kappa shape index (κ2) is 7.56. The largest absolute Gasteiger partial charge is 0.487 e. The number of nitro benzene ring substituents is 1. The van der Waals surface area contributed by atoms with Crippen molar-refractivity contribution in [3.8, 4) is 11.6 Å². The molecule has 1 amide bonds. The van der Waals surface area contributed by atoms with Gasteiger partial charge in [-0.25, -0.2) is 9.88 Å². The van der Waals surface area contributed by atoms with Crippen molar-refractivity contribution in [1.29, 1.82) is 0 Å². The fraction of sp³-hybridized carbons (Fsp3) is 0.200. The second-order valence-electron chi connectivity index (χ2n) is 4.85. The minimum absolute atomic E-state index is 0.00327. The molecule has 2 aromatic rings. The number of carbonyl (C=O) groups is 1. The van der Waals surface area contributed by atoms with Crippen LogP contribution >= 0.6 is 11.6 Å². The van der Waals surface area contributed by atoms with Gasteiger partial charge in [-0.2, -0.15) is 0 Å². The lowest BCUT2D eigenvalue weighted by Crippen LogP contribution is -2.42. The number of hydrogen-bond acceptors (Lipinski definition) is 5. The number of aromatic nitrogens is 1. The molecule has 0 unspecified atom stereocenters. The van der Waals surface area contributed by atoms with Crippen LogP contribution in [0.1, 0.15) is 17.3 Å². The first-order chi connectivity index (χ1) is 12.1. The molecular weight excluding hydrogens is 379 g/mol. The van der Waals surface area contributed by atoms with E-state index in [1.54, 1.807) is 12.1 Å². The van der Waals surface area contributed by atoms with Crippen molar-refractivity contribution in [1.82, 2.24) is 9.88 Å². The third-order valence-electron chi connectivity index (χ3n) is 3.18. The summed E-state index contributed by atoms with van der Waals surface area (Å²) in [4.78, 5) is 25.9. The third-order valence-corrected chi connectivity index (χ3v) is 3.57. The fourth-order valence-electron chi connectivity index (χ4n) is 2.02. The number of hydrogen-bond donors (Lipinski definition) is 0. The summed E-state index contributed by atoms with van der Waals surface area (Å²) in [6, 6.07) is 6.12. The van der Waals surface area contributed by atoms with Crippen LogP contribution in [0.25, 0.3) is 0 Å². The Kier molecular flexibility index (Phi) is 5.66. The smallest absolute Gasteiger partial charge is 0.437 e. The van der Waals surface area contributed by atoms with Crippen LogP contribution in [0, 0.1) is 10.1 Å². The van der Waals surface area contributed by atoms with Crippen LogP contribution in [0.5, 0.6) is 11.6 Å². The summed E-state index contributed by atoms with van der Waals surface area (Å²) < 4.78 is 44.2. The van der Waals surface area contributed by atoms with Crippen LogP contribution < -0.4 is 4.74 Å². The van der Waals surface area contributed by atoms with Crippen molar-refractivity contribution >= 4 is 23.2 Å². The maximum atomic E-state index is 13.0. The lowest BCUT2D eigenvalue weighted by Gasteiger charge is -2.24.